The molecule has 0 saturated heterocycles. The molecule has 1 rings (SSSR count). The van der Waals surface area contributed by atoms with Crippen molar-refractivity contribution in [3.05, 3.63) is 24.2 Å². The summed E-state index contributed by atoms with van der Waals surface area (Å²) in [4.78, 5) is 11.4. The summed E-state index contributed by atoms with van der Waals surface area (Å²) in [6, 6.07) is 2.01. The molecule has 0 aliphatic heterocycles. The van der Waals surface area contributed by atoms with E-state index >= 15 is 0 Å². The van der Waals surface area contributed by atoms with Gasteiger partial charge in [-0.2, -0.15) is 0 Å². The van der Waals surface area contributed by atoms with E-state index in [1.807, 2.05) is 13.0 Å². The van der Waals surface area contributed by atoms with Crippen LogP contribution in [0.3, 0.4) is 0 Å². The van der Waals surface area contributed by atoms with Gasteiger partial charge in [-0.3, -0.25) is 4.79 Å². The Morgan fingerprint density at radius 1 is 1.64 bits per heavy atom. The smallest absolute Gasteiger partial charge is 0.137 e. The van der Waals surface area contributed by atoms with Gasteiger partial charge < -0.3 is 10.2 Å². The monoisotopic (exact) mass is 195 g/mol. The summed E-state index contributed by atoms with van der Waals surface area (Å²) in [6.45, 7) is 1.96. The molecule has 0 radical (unpaired) electrons. The molecular weight excluding hydrogens is 178 g/mol. The second kappa shape index (κ2) is 5.60. The van der Waals surface area contributed by atoms with Gasteiger partial charge in [-0.15, -0.1) is 0 Å². The summed E-state index contributed by atoms with van der Waals surface area (Å²) in [5.41, 5.74) is 6.54. The third kappa shape index (κ3) is 4.23. The van der Waals surface area contributed by atoms with Gasteiger partial charge in [-0.1, -0.05) is 0 Å². The topological polar surface area (TPSA) is 56.2 Å². The van der Waals surface area contributed by atoms with Crippen LogP contribution >= 0.6 is 0 Å². The highest BCUT2D eigenvalue weighted by Gasteiger charge is 2.05. The van der Waals surface area contributed by atoms with E-state index in [2.05, 4.69) is 0 Å². The van der Waals surface area contributed by atoms with Crippen molar-refractivity contribution in [1.29, 1.82) is 0 Å². The number of furan rings is 1. The highest BCUT2D eigenvalue weighted by atomic mass is 16.3. The Morgan fingerprint density at radius 3 is 3.00 bits per heavy atom. The van der Waals surface area contributed by atoms with E-state index in [4.69, 9.17) is 10.2 Å². The zero-order chi connectivity index (χ0) is 10.4. The van der Waals surface area contributed by atoms with Gasteiger partial charge in [-0.05, 0) is 31.4 Å². The highest BCUT2D eigenvalue weighted by Crippen LogP contribution is 2.06. The summed E-state index contributed by atoms with van der Waals surface area (Å²) in [5, 5.41) is 0. The lowest BCUT2D eigenvalue weighted by Gasteiger charge is -2.03. The molecule has 0 bridgehead atoms. The molecule has 2 N–H and O–H groups in total. The summed E-state index contributed by atoms with van der Waals surface area (Å²) in [5.74, 6) is 0.257. The van der Waals surface area contributed by atoms with Crippen LogP contribution in [0.4, 0.5) is 0 Å². The van der Waals surface area contributed by atoms with Crippen molar-refractivity contribution < 1.29 is 9.21 Å². The average molecular weight is 195 g/mol. The largest absolute Gasteiger partial charge is 0.472 e. The fourth-order valence-electron chi connectivity index (χ4n) is 1.33. The third-order valence-electron chi connectivity index (χ3n) is 2.10. The van der Waals surface area contributed by atoms with Crippen LogP contribution in [0, 0.1) is 0 Å². The predicted molar refractivity (Wildman–Crippen MR) is 54.9 cm³/mol. The van der Waals surface area contributed by atoms with Gasteiger partial charge in [0.15, 0.2) is 0 Å². The summed E-state index contributed by atoms with van der Waals surface area (Å²) >= 11 is 0. The first-order chi connectivity index (χ1) is 6.68. The fourth-order valence-corrected chi connectivity index (χ4v) is 1.33. The SMILES string of the molecule is CC(N)CCCC(=O)Cc1ccoc1. The van der Waals surface area contributed by atoms with Crippen LogP contribution in [-0.4, -0.2) is 11.8 Å². The third-order valence-corrected chi connectivity index (χ3v) is 2.10. The van der Waals surface area contributed by atoms with Crippen LogP contribution in [0.1, 0.15) is 31.7 Å². The van der Waals surface area contributed by atoms with Crippen LogP contribution in [0.5, 0.6) is 0 Å². The van der Waals surface area contributed by atoms with Crippen LogP contribution in [0.15, 0.2) is 23.0 Å². The van der Waals surface area contributed by atoms with E-state index in [0.29, 0.717) is 12.8 Å². The molecule has 0 aromatic carbocycles. The van der Waals surface area contributed by atoms with Crippen LogP contribution in [0.25, 0.3) is 0 Å². The zero-order valence-corrected chi connectivity index (χ0v) is 8.53. The minimum absolute atomic E-state index is 0.191. The average Bonchev–Trinajstić information content (AvgIpc) is 2.56. The maximum atomic E-state index is 11.4. The van der Waals surface area contributed by atoms with Crippen molar-refractivity contribution in [2.24, 2.45) is 5.73 Å². The van der Waals surface area contributed by atoms with Gasteiger partial charge in [0.05, 0.1) is 12.5 Å². The first kappa shape index (κ1) is 11.0. The van der Waals surface area contributed by atoms with E-state index < -0.39 is 0 Å². The molecule has 14 heavy (non-hydrogen) atoms. The molecule has 0 spiro atoms. The number of nitrogens with two attached hydrogens (primary N) is 1. The fraction of sp³-hybridized carbons (Fsp3) is 0.545. The molecule has 3 nitrogen and oxygen atoms in total. The van der Waals surface area contributed by atoms with Crippen molar-refractivity contribution in [2.45, 2.75) is 38.6 Å². The van der Waals surface area contributed by atoms with Crippen molar-refractivity contribution in [3.63, 3.8) is 0 Å². The predicted octanol–water partition coefficient (Wildman–Crippen LogP) is 1.91. The molecule has 0 aliphatic rings. The quantitative estimate of drug-likeness (QED) is 0.754. The lowest BCUT2D eigenvalue weighted by atomic mass is 10.1. The summed E-state index contributed by atoms with van der Waals surface area (Å²) in [7, 11) is 0. The van der Waals surface area contributed by atoms with Gasteiger partial charge in [0.2, 0.25) is 0 Å². The number of rotatable bonds is 6. The second-order valence-corrected chi connectivity index (χ2v) is 3.72. The van der Waals surface area contributed by atoms with Crippen molar-refractivity contribution in [2.75, 3.05) is 0 Å². The minimum Gasteiger partial charge on any atom is -0.472 e. The molecule has 1 unspecified atom stereocenters. The van der Waals surface area contributed by atoms with E-state index in [1.54, 1.807) is 12.5 Å². The number of hydrogen-bond donors (Lipinski definition) is 1. The van der Waals surface area contributed by atoms with Gasteiger partial charge in [0, 0.05) is 18.9 Å². The lowest BCUT2D eigenvalue weighted by Crippen LogP contribution is -2.15. The Bertz CT molecular complexity index is 265. The summed E-state index contributed by atoms with van der Waals surface area (Å²) in [6.07, 6.45) is 6.10. The molecule has 0 amide bonds. The van der Waals surface area contributed by atoms with Gasteiger partial charge in [-0.25, -0.2) is 0 Å². The van der Waals surface area contributed by atoms with Crippen molar-refractivity contribution in [1.82, 2.24) is 0 Å². The van der Waals surface area contributed by atoms with E-state index in [1.165, 1.54) is 0 Å². The zero-order valence-electron chi connectivity index (χ0n) is 8.53. The number of Topliss-reactive ketones (excluding diaryl/α,β-unsaturated/α-hetero) is 1. The number of hydrogen-bond acceptors (Lipinski definition) is 3. The van der Waals surface area contributed by atoms with Crippen LogP contribution in [0.2, 0.25) is 0 Å². The second-order valence-electron chi connectivity index (χ2n) is 3.72. The normalized spacial score (nSPS) is 12.7. The maximum Gasteiger partial charge on any atom is 0.137 e. The van der Waals surface area contributed by atoms with Gasteiger partial charge in [0.25, 0.3) is 0 Å². The molecular formula is C11H17NO2. The van der Waals surface area contributed by atoms with Crippen LogP contribution < -0.4 is 5.73 Å². The Morgan fingerprint density at radius 2 is 2.43 bits per heavy atom. The maximum absolute atomic E-state index is 11.4. The lowest BCUT2D eigenvalue weighted by molar-refractivity contribution is -0.118. The Kier molecular flexibility index (Phi) is 4.40. The molecule has 1 atom stereocenters. The Balaban J connectivity index is 2.17. The number of carbonyl (C=O) groups is 1. The molecule has 0 aliphatic carbocycles. The van der Waals surface area contributed by atoms with E-state index in [9.17, 15) is 4.79 Å². The van der Waals surface area contributed by atoms with Crippen LogP contribution in [-0.2, 0) is 11.2 Å². The molecule has 1 aromatic rings. The van der Waals surface area contributed by atoms with E-state index in [-0.39, 0.29) is 11.8 Å². The first-order valence-corrected chi connectivity index (χ1v) is 4.97. The molecule has 78 valence electrons. The molecule has 0 saturated carbocycles. The van der Waals surface area contributed by atoms with Crippen molar-refractivity contribution in [3.8, 4) is 0 Å². The molecule has 1 aromatic heterocycles. The standard InChI is InChI=1S/C11H17NO2/c1-9(12)3-2-4-11(13)7-10-5-6-14-8-10/h5-6,8-9H,2-4,7,12H2,1H3. The van der Waals surface area contributed by atoms with Gasteiger partial charge in [0.1, 0.15) is 5.78 Å². The van der Waals surface area contributed by atoms with Gasteiger partial charge >= 0.3 is 0 Å². The number of carbonyl (C=O) groups excluding carboxylic acids is 1. The highest BCUT2D eigenvalue weighted by molar-refractivity contribution is 5.80. The Hall–Kier alpha value is -1.09. The first-order valence-electron chi connectivity index (χ1n) is 4.97. The van der Waals surface area contributed by atoms with E-state index in [0.717, 1.165) is 18.4 Å². The molecule has 0 fully saturated rings. The minimum atomic E-state index is 0.191. The molecule has 1 heterocycles. The van der Waals surface area contributed by atoms with Crippen molar-refractivity contribution >= 4 is 5.78 Å². The Labute approximate surface area is 84.3 Å². The molecule has 3 heteroatoms. The summed E-state index contributed by atoms with van der Waals surface area (Å²) < 4.78 is 4.89. The number of ketones is 1.